The molecule has 0 bridgehead atoms. The van der Waals surface area contributed by atoms with Crippen LogP contribution in [-0.4, -0.2) is 0 Å². The number of hydrogen-bond acceptors (Lipinski definition) is 1. The lowest BCUT2D eigenvalue weighted by atomic mass is 9.67. The first kappa shape index (κ1) is 38.3. The van der Waals surface area contributed by atoms with Crippen molar-refractivity contribution in [1.29, 1.82) is 0 Å². The zero-order valence-corrected chi connectivity index (χ0v) is 37.8. The quantitative estimate of drug-likeness (QED) is 0.156. The minimum absolute atomic E-state index is 0.434. The molecule has 0 amide bonds. The van der Waals surface area contributed by atoms with Gasteiger partial charge in [-0.2, -0.15) is 0 Å². The fraction of sp³-hybridized carbons (Fsp3) is 0.0294. The van der Waals surface area contributed by atoms with Gasteiger partial charge in [0.2, 0.25) is 0 Å². The van der Waals surface area contributed by atoms with Crippen molar-refractivity contribution in [3.63, 3.8) is 0 Å². The van der Waals surface area contributed by atoms with E-state index in [0.29, 0.717) is 0 Å². The van der Waals surface area contributed by atoms with Gasteiger partial charge in [0.15, 0.2) is 0 Å². The van der Waals surface area contributed by atoms with Gasteiger partial charge in [-0.15, -0.1) is 0 Å². The van der Waals surface area contributed by atoms with E-state index in [0.717, 1.165) is 17.1 Å². The van der Waals surface area contributed by atoms with Crippen molar-refractivity contribution in [3.05, 3.63) is 305 Å². The van der Waals surface area contributed by atoms with E-state index in [-0.39, 0.29) is 0 Å². The lowest BCUT2D eigenvalue weighted by Gasteiger charge is -2.38. The summed E-state index contributed by atoms with van der Waals surface area (Å²) in [6, 6.07) is 98.2. The van der Waals surface area contributed by atoms with Gasteiger partial charge in [0.25, 0.3) is 0 Å². The van der Waals surface area contributed by atoms with Crippen LogP contribution in [0.15, 0.2) is 261 Å². The fourth-order valence-corrected chi connectivity index (χ4v) is 13.4. The summed E-state index contributed by atoms with van der Waals surface area (Å²) < 4.78 is 0. The zero-order chi connectivity index (χ0) is 45.3. The van der Waals surface area contributed by atoms with E-state index in [1.165, 1.54) is 110 Å². The Labute approximate surface area is 401 Å². The standard InChI is InChI=1S/C68H43N/c1-3-20-44(21-4-1)67(45-22-5-2-6-23-45)60-33-15-13-30-55(60)57-32-19-37-65(66(57)67)69(46-38-40-52-50-26-8-7-24-48(50)49-25-9-10-27-51(49)58(52)42-46)47-39-41-64-59(43-47)56-31-14-18-36-63(56)68(64)61-34-16-11-28-53(61)54-29-12-17-35-62(54)68/h1-43H. The summed E-state index contributed by atoms with van der Waals surface area (Å²) in [4.78, 5) is 2.58. The van der Waals surface area contributed by atoms with Gasteiger partial charge in [0, 0.05) is 16.9 Å². The van der Waals surface area contributed by atoms with Crippen molar-refractivity contribution in [2.45, 2.75) is 10.8 Å². The summed E-state index contributed by atoms with van der Waals surface area (Å²) in [5.41, 5.74) is 20.5. The number of benzene rings is 12. The molecule has 320 valence electrons. The highest BCUT2D eigenvalue weighted by atomic mass is 15.1. The Kier molecular flexibility index (Phi) is 7.98. The second kappa shape index (κ2) is 14.4. The molecule has 1 heteroatoms. The van der Waals surface area contributed by atoms with Crippen LogP contribution in [0.2, 0.25) is 0 Å². The van der Waals surface area contributed by atoms with E-state index in [1.807, 2.05) is 0 Å². The maximum Gasteiger partial charge on any atom is 0.0734 e. The average molecular weight is 874 g/mol. The van der Waals surface area contributed by atoms with Crippen LogP contribution >= 0.6 is 0 Å². The summed E-state index contributed by atoms with van der Waals surface area (Å²) in [5.74, 6) is 0. The Balaban J connectivity index is 1.06. The third kappa shape index (κ3) is 4.98. The van der Waals surface area contributed by atoms with Gasteiger partial charge in [0.05, 0.1) is 16.5 Å². The third-order valence-electron chi connectivity index (χ3n) is 15.9. The highest BCUT2D eigenvalue weighted by Gasteiger charge is 2.52. The first-order valence-corrected chi connectivity index (χ1v) is 24.2. The highest BCUT2D eigenvalue weighted by Crippen LogP contribution is 2.64. The molecule has 0 unspecified atom stereocenters. The van der Waals surface area contributed by atoms with E-state index in [4.69, 9.17) is 0 Å². The third-order valence-corrected chi connectivity index (χ3v) is 15.9. The number of anilines is 3. The number of hydrogen-bond donors (Lipinski definition) is 0. The number of nitrogens with zero attached hydrogens (tertiary/aromatic N) is 1. The van der Waals surface area contributed by atoms with Crippen LogP contribution in [0.3, 0.4) is 0 Å². The molecule has 0 atom stereocenters. The van der Waals surface area contributed by atoms with E-state index >= 15 is 0 Å². The van der Waals surface area contributed by atoms with E-state index in [9.17, 15) is 0 Å². The smallest absolute Gasteiger partial charge is 0.0734 e. The molecule has 0 heterocycles. The monoisotopic (exact) mass is 873 g/mol. The molecule has 1 nitrogen and oxygen atoms in total. The van der Waals surface area contributed by atoms with Gasteiger partial charge in [-0.25, -0.2) is 0 Å². The largest absolute Gasteiger partial charge is 0.310 e. The minimum Gasteiger partial charge on any atom is -0.310 e. The molecule has 3 aliphatic rings. The van der Waals surface area contributed by atoms with Crippen LogP contribution in [0.4, 0.5) is 17.1 Å². The lowest BCUT2D eigenvalue weighted by Crippen LogP contribution is -2.30. The van der Waals surface area contributed by atoms with Crippen molar-refractivity contribution >= 4 is 49.4 Å². The molecule has 1 spiro atoms. The lowest BCUT2D eigenvalue weighted by molar-refractivity contribution is 0.768. The van der Waals surface area contributed by atoms with Crippen LogP contribution in [-0.2, 0) is 10.8 Å². The first-order chi connectivity index (χ1) is 34.3. The average Bonchev–Trinajstić information content (AvgIpc) is 4.02. The predicted octanol–water partition coefficient (Wildman–Crippen LogP) is 17.3. The second-order valence-corrected chi connectivity index (χ2v) is 19.0. The first-order valence-electron chi connectivity index (χ1n) is 24.2. The van der Waals surface area contributed by atoms with Gasteiger partial charge in [0.1, 0.15) is 0 Å². The van der Waals surface area contributed by atoms with Crippen molar-refractivity contribution in [2.75, 3.05) is 4.90 Å². The topological polar surface area (TPSA) is 3.24 Å². The Bertz CT molecular complexity index is 3970. The Morgan fingerprint density at radius 1 is 0.232 bits per heavy atom. The normalized spacial score (nSPS) is 14.0. The molecule has 12 aromatic rings. The van der Waals surface area contributed by atoms with Crippen molar-refractivity contribution in [1.82, 2.24) is 0 Å². The molecule has 0 N–H and O–H groups in total. The molecular formula is C68H43N. The minimum atomic E-state index is -0.617. The maximum atomic E-state index is 2.58. The van der Waals surface area contributed by atoms with Gasteiger partial charge < -0.3 is 4.90 Å². The molecular weight excluding hydrogens is 831 g/mol. The van der Waals surface area contributed by atoms with Crippen molar-refractivity contribution in [3.8, 4) is 33.4 Å². The van der Waals surface area contributed by atoms with Crippen LogP contribution < -0.4 is 4.90 Å². The molecule has 3 aliphatic carbocycles. The molecule has 0 fully saturated rings. The van der Waals surface area contributed by atoms with Gasteiger partial charge in [-0.3, -0.25) is 0 Å². The van der Waals surface area contributed by atoms with E-state index in [1.54, 1.807) is 0 Å². The molecule has 0 saturated carbocycles. The molecule has 0 aliphatic heterocycles. The number of rotatable bonds is 5. The van der Waals surface area contributed by atoms with Crippen molar-refractivity contribution < 1.29 is 0 Å². The molecule has 12 aromatic carbocycles. The zero-order valence-electron chi connectivity index (χ0n) is 37.8. The highest BCUT2D eigenvalue weighted by molar-refractivity contribution is 6.26. The fourth-order valence-electron chi connectivity index (χ4n) is 13.4. The Morgan fingerprint density at radius 2 is 0.609 bits per heavy atom. The van der Waals surface area contributed by atoms with E-state index < -0.39 is 10.8 Å². The van der Waals surface area contributed by atoms with Crippen LogP contribution in [0.1, 0.15) is 44.5 Å². The predicted molar refractivity (Wildman–Crippen MR) is 287 cm³/mol. The summed E-state index contributed by atoms with van der Waals surface area (Å²) in [5, 5.41) is 7.56. The Morgan fingerprint density at radius 3 is 1.16 bits per heavy atom. The molecule has 69 heavy (non-hydrogen) atoms. The summed E-state index contributed by atoms with van der Waals surface area (Å²) in [7, 11) is 0. The van der Waals surface area contributed by atoms with Gasteiger partial charge in [-0.1, -0.05) is 231 Å². The van der Waals surface area contributed by atoms with Crippen LogP contribution in [0, 0.1) is 0 Å². The Hall–Kier alpha value is -8.78. The van der Waals surface area contributed by atoms with Crippen molar-refractivity contribution in [2.24, 2.45) is 0 Å². The SMILES string of the molecule is c1ccc(C2(c3ccccc3)c3ccccc3-c3cccc(N(c4ccc5c(c4)-c4ccccc4C54c5ccccc5-c5ccccc54)c4ccc5c6ccccc6c6ccccc6c5c4)c32)cc1. The van der Waals surface area contributed by atoms with E-state index in [2.05, 4.69) is 266 Å². The molecule has 15 rings (SSSR count). The second-order valence-electron chi connectivity index (χ2n) is 19.0. The van der Waals surface area contributed by atoms with Crippen LogP contribution in [0.25, 0.3) is 65.7 Å². The summed E-state index contributed by atoms with van der Waals surface area (Å²) in [6.45, 7) is 0. The molecule has 0 saturated heterocycles. The molecule has 0 radical (unpaired) electrons. The molecule has 0 aromatic heterocycles. The van der Waals surface area contributed by atoms with Crippen LogP contribution in [0.5, 0.6) is 0 Å². The van der Waals surface area contributed by atoms with Gasteiger partial charge in [-0.05, 0) is 135 Å². The number of fused-ring (bicyclic) bond motifs is 19. The summed E-state index contributed by atoms with van der Waals surface area (Å²) in [6.07, 6.45) is 0. The van der Waals surface area contributed by atoms with Gasteiger partial charge >= 0.3 is 0 Å². The summed E-state index contributed by atoms with van der Waals surface area (Å²) >= 11 is 0. The maximum absolute atomic E-state index is 2.58.